The van der Waals surface area contributed by atoms with Crippen LogP contribution in [0, 0.1) is 18.8 Å². The summed E-state index contributed by atoms with van der Waals surface area (Å²) in [6.07, 6.45) is 10.1. The van der Waals surface area contributed by atoms with Gasteiger partial charge in [0.1, 0.15) is 5.82 Å². The number of likely N-dealkylation sites (tertiary alicyclic amines) is 1. The Bertz CT molecular complexity index is 975. The molecule has 0 aromatic carbocycles. The molecule has 4 unspecified atom stereocenters. The highest BCUT2D eigenvalue weighted by molar-refractivity contribution is 5.80. The summed E-state index contributed by atoms with van der Waals surface area (Å²) in [7, 11) is 0. The molecule has 0 bridgehead atoms. The summed E-state index contributed by atoms with van der Waals surface area (Å²) in [5.74, 6) is 1.24. The molecule has 4 atom stereocenters. The van der Waals surface area contributed by atoms with Crippen molar-refractivity contribution in [2.75, 3.05) is 31.1 Å². The van der Waals surface area contributed by atoms with E-state index in [-0.39, 0.29) is 36.4 Å². The molecule has 1 amide bonds. The summed E-state index contributed by atoms with van der Waals surface area (Å²) in [6.45, 7) is 4.72. The number of aliphatic hydroxyl groups excluding tert-OH is 1. The van der Waals surface area contributed by atoms with Crippen molar-refractivity contribution in [3.63, 3.8) is 0 Å². The summed E-state index contributed by atoms with van der Waals surface area (Å²) in [4.78, 5) is 22.8. The highest BCUT2D eigenvalue weighted by Gasteiger charge is 2.38. The Hall–Kier alpha value is -2.19. The first-order valence-electron chi connectivity index (χ1n) is 12.3. The zero-order valence-corrected chi connectivity index (χ0v) is 19.1. The van der Waals surface area contributed by atoms with Crippen LogP contribution in [0.5, 0.6) is 0 Å². The number of rotatable bonds is 4. The number of hydrogen-bond donors (Lipinski definition) is 2. The Morgan fingerprint density at radius 3 is 2.75 bits per heavy atom. The first-order valence-corrected chi connectivity index (χ1v) is 12.3. The lowest BCUT2D eigenvalue weighted by atomic mass is 9.78. The highest BCUT2D eigenvalue weighted by atomic mass is 16.3. The first-order chi connectivity index (χ1) is 15.5. The smallest absolute Gasteiger partial charge is 0.226 e. The molecule has 174 valence electrons. The van der Waals surface area contributed by atoms with Crippen molar-refractivity contribution in [3.05, 3.63) is 23.5 Å². The van der Waals surface area contributed by atoms with E-state index in [0.717, 1.165) is 93.7 Å². The Balaban J connectivity index is 1.43. The van der Waals surface area contributed by atoms with Gasteiger partial charge in [-0.2, -0.15) is 5.10 Å². The number of aliphatic hydroxyl groups is 1. The minimum Gasteiger partial charge on any atom is -0.396 e. The van der Waals surface area contributed by atoms with Crippen LogP contribution in [0.25, 0.3) is 5.65 Å². The van der Waals surface area contributed by atoms with Crippen molar-refractivity contribution in [1.29, 1.82) is 0 Å². The Morgan fingerprint density at radius 2 is 1.97 bits per heavy atom. The van der Waals surface area contributed by atoms with Gasteiger partial charge in [0, 0.05) is 56.0 Å². The van der Waals surface area contributed by atoms with E-state index in [1.807, 2.05) is 10.7 Å². The Kier molecular flexibility index (Phi) is 6.07. The van der Waals surface area contributed by atoms with Crippen LogP contribution in [0.15, 0.2) is 12.3 Å². The summed E-state index contributed by atoms with van der Waals surface area (Å²) in [6, 6.07) is 2.25. The number of carbonyl (C=O) groups is 1. The number of hydrogen-bond acceptors (Lipinski definition) is 6. The number of anilines is 1. The van der Waals surface area contributed by atoms with Crippen LogP contribution in [0.2, 0.25) is 0 Å². The fourth-order valence-corrected chi connectivity index (χ4v) is 5.95. The predicted octanol–water partition coefficient (Wildman–Crippen LogP) is 2.43. The molecule has 5 rings (SSSR count). The van der Waals surface area contributed by atoms with Crippen molar-refractivity contribution in [2.45, 2.75) is 70.4 Å². The van der Waals surface area contributed by atoms with Crippen LogP contribution in [-0.4, -0.2) is 62.8 Å². The van der Waals surface area contributed by atoms with E-state index < -0.39 is 0 Å². The minimum atomic E-state index is -0.0577. The van der Waals surface area contributed by atoms with E-state index in [0.29, 0.717) is 0 Å². The number of fused-ring (bicyclic) bond motifs is 1. The minimum absolute atomic E-state index is 0.0109. The molecule has 2 aliphatic heterocycles. The number of piperidine rings is 1. The predicted molar refractivity (Wildman–Crippen MR) is 123 cm³/mol. The SMILES string of the molecule is Cc1cn2nc(C3CCCCN3C(=O)C3CCCCC3CO)cc2nc1N1CCC(N)C1. The molecule has 8 nitrogen and oxygen atoms in total. The van der Waals surface area contributed by atoms with Gasteiger partial charge in [0.25, 0.3) is 0 Å². The maximum atomic E-state index is 13.6. The van der Waals surface area contributed by atoms with Gasteiger partial charge in [-0.3, -0.25) is 4.79 Å². The van der Waals surface area contributed by atoms with Crippen LogP contribution < -0.4 is 10.6 Å². The molecule has 2 aromatic heterocycles. The van der Waals surface area contributed by atoms with Crippen molar-refractivity contribution in [1.82, 2.24) is 19.5 Å². The van der Waals surface area contributed by atoms with E-state index >= 15 is 0 Å². The van der Waals surface area contributed by atoms with Crippen LogP contribution in [0.1, 0.15) is 68.7 Å². The normalized spacial score (nSPS) is 29.1. The molecule has 2 aromatic rings. The van der Waals surface area contributed by atoms with Gasteiger partial charge in [0.2, 0.25) is 5.91 Å². The second-order valence-electron chi connectivity index (χ2n) is 9.99. The molecule has 4 heterocycles. The molecule has 3 aliphatic rings. The standard InChI is InChI=1S/C24H36N6O2/c1-16-13-30-22(26-23(16)28-11-9-18(25)14-28)12-20(27-30)21-8-4-5-10-29(21)24(32)19-7-3-2-6-17(19)15-31/h12-13,17-19,21,31H,2-11,14-15,25H2,1H3. The molecule has 0 radical (unpaired) electrons. The summed E-state index contributed by atoms with van der Waals surface area (Å²) < 4.78 is 1.86. The number of amides is 1. The zero-order chi connectivity index (χ0) is 22.2. The molecule has 1 aliphatic carbocycles. The monoisotopic (exact) mass is 440 g/mol. The third-order valence-electron chi connectivity index (χ3n) is 7.74. The van der Waals surface area contributed by atoms with Gasteiger partial charge in [-0.15, -0.1) is 0 Å². The second kappa shape index (κ2) is 8.98. The molecule has 3 N–H and O–H groups in total. The third-order valence-corrected chi connectivity index (χ3v) is 7.74. The van der Waals surface area contributed by atoms with Crippen LogP contribution >= 0.6 is 0 Å². The van der Waals surface area contributed by atoms with Crippen LogP contribution in [-0.2, 0) is 4.79 Å². The van der Waals surface area contributed by atoms with E-state index in [2.05, 4.69) is 22.8 Å². The van der Waals surface area contributed by atoms with E-state index in [9.17, 15) is 9.90 Å². The van der Waals surface area contributed by atoms with Crippen LogP contribution in [0.4, 0.5) is 5.82 Å². The lowest BCUT2D eigenvalue weighted by Gasteiger charge is -2.39. The van der Waals surface area contributed by atoms with Crippen molar-refractivity contribution in [2.24, 2.45) is 17.6 Å². The van der Waals surface area contributed by atoms with Gasteiger partial charge in [-0.05, 0) is 51.4 Å². The van der Waals surface area contributed by atoms with Crippen molar-refractivity contribution >= 4 is 17.4 Å². The maximum Gasteiger partial charge on any atom is 0.226 e. The lowest BCUT2D eigenvalue weighted by molar-refractivity contribution is -0.143. The van der Waals surface area contributed by atoms with E-state index in [1.165, 1.54) is 0 Å². The van der Waals surface area contributed by atoms with Gasteiger partial charge in [-0.1, -0.05) is 12.8 Å². The molecular weight excluding hydrogens is 404 g/mol. The maximum absolute atomic E-state index is 13.6. The summed E-state index contributed by atoms with van der Waals surface area (Å²) >= 11 is 0. The summed E-state index contributed by atoms with van der Waals surface area (Å²) in [5, 5.41) is 14.7. The van der Waals surface area contributed by atoms with Crippen molar-refractivity contribution < 1.29 is 9.90 Å². The average Bonchev–Trinajstić information content (AvgIpc) is 3.43. The molecule has 3 fully saturated rings. The number of aromatic nitrogens is 3. The molecule has 8 heteroatoms. The number of aryl methyl sites for hydroxylation is 1. The fourth-order valence-electron chi connectivity index (χ4n) is 5.95. The van der Waals surface area contributed by atoms with Gasteiger partial charge in [-0.25, -0.2) is 9.50 Å². The Labute approximate surface area is 189 Å². The van der Waals surface area contributed by atoms with Gasteiger partial charge in [0.15, 0.2) is 5.65 Å². The zero-order valence-electron chi connectivity index (χ0n) is 19.1. The largest absolute Gasteiger partial charge is 0.396 e. The van der Waals surface area contributed by atoms with Crippen LogP contribution in [0.3, 0.4) is 0 Å². The lowest BCUT2D eigenvalue weighted by Crippen LogP contribution is -2.45. The second-order valence-corrected chi connectivity index (χ2v) is 9.99. The number of nitrogens with zero attached hydrogens (tertiary/aromatic N) is 5. The highest BCUT2D eigenvalue weighted by Crippen LogP contribution is 2.37. The van der Waals surface area contributed by atoms with Gasteiger partial charge >= 0.3 is 0 Å². The molecular formula is C24H36N6O2. The Morgan fingerprint density at radius 1 is 1.16 bits per heavy atom. The summed E-state index contributed by atoms with van der Waals surface area (Å²) in [5.41, 5.74) is 8.95. The van der Waals surface area contributed by atoms with E-state index in [1.54, 1.807) is 0 Å². The number of carbonyl (C=O) groups excluding carboxylic acids is 1. The fraction of sp³-hybridized carbons (Fsp3) is 0.708. The molecule has 32 heavy (non-hydrogen) atoms. The average molecular weight is 441 g/mol. The molecule has 1 saturated carbocycles. The molecule has 2 saturated heterocycles. The van der Waals surface area contributed by atoms with Gasteiger partial charge < -0.3 is 20.6 Å². The van der Waals surface area contributed by atoms with Gasteiger partial charge in [0.05, 0.1) is 11.7 Å². The quantitative estimate of drug-likeness (QED) is 0.757. The van der Waals surface area contributed by atoms with Crippen molar-refractivity contribution in [3.8, 4) is 0 Å². The number of nitrogens with two attached hydrogens (primary N) is 1. The van der Waals surface area contributed by atoms with E-state index in [4.69, 9.17) is 15.8 Å². The third kappa shape index (κ3) is 3.99. The molecule has 0 spiro atoms. The topological polar surface area (TPSA) is 100.0 Å². The first kappa shape index (κ1) is 21.6.